The monoisotopic (exact) mass is 197 g/mol. The lowest BCUT2D eigenvalue weighted by Crippen LogP contribution is -2.63. The van der Waals surface area contributed by atoms with Crippen molar-refractivity contribution in [2.45, 2.75) is 58.5 Å². The minimum atomic E-state index is -0.303. The van der Waals surface area contributed by atoms with Crippen molar-refractivity contribution >= 4 is 5.78 Å². The second-order valence-electron chi connectivity index (χ2n) is 5.60. The van der Waals surface area contributed by atoms with E-state index in [1.54, 1.807) is 0 Å². The molecule has 0 N–H and O–H groups in total. The molecule has 1 atom stereocenters. The molecular formula is C12H23NO. The van der Waals surface area contributed by atoms with E-state index in [9.17, 15) is 4.79 Å². The van der Waals surface area contributed by atoms with E-state index < -0.39 is 0 Å². The number of carbonyl (C=O) groups excluding carboxylic acids is 1. The van der Waals surface area contributed by atoms with E-state index in [-0.39, 0.29) is 17.0 Å². The van der Waals surface area contributed by atoms with E-state index in [0.717, 1.165) is 12.8 Å². The number of Topliss-reactive ketones (excluding diaryl/α,β-unsaturated/α-hetero) is 1. The fraction of sp³-hybridized carbons (Fsp3) is 0.917. The van der Waals surface area contributed by atoms with Crippen LogP contribution in [0.25, 0.3) is 0 Å². The van der Waals surface area contributed by atoms with Gasteiger partial charge in [-0.25, -0.2) is 0 Å². The van der Waals surface area contributed by atoms with Crippen LogP contribution in [0.2, 0.25) is 0 Å². The zero-order chi connectivity index (χ0) is 11.1. The average Bonchev–Trinajstić information content (AvgIpc) is 2.09. The van der Waals surface area contributed by atoms with Gasteiger partial charge in [0.15, 0.2) is 5.78 Å². The number of hydrogen-bond donors (Lipinski definition) is 0. The molecule has 0 spiro atoms. The fourth-order valence-corrected chi connectivity index (χ4v) is 2.58. The molecule has 1 aliphatic rings. The molecule has 1 fully saturated rings. The molecule has 0 saturated carbocycles. The second kappa shape index (κ2) is 3.34. The third-order valence-corrected chi connectivity index (χ3v) is 3.96. The first-order chi connectivity index (χ1) is 6.23. The lowest BCUT2D eigenvalue weighted by atomic mass is 9.72. The number of ketones is 1. The van der Waals surface area contributed by atoms with Crippen LogP contribution in [-0.4, -0.2) is 28.8 Å². The highest BCUT2D eigenvalue weighted by molar-refractivity contribution is 5.90. The molecule has 0 aromatic rings. The molecule has 0 aromatic heterocycles. The van der Waals surface area contributed by atoms with Crippen molar-refractivity contribution in [2.24, 2.45) is 5.92 Å². The first kappa shape index (κ1) is 11.7. The number of hydrogen-bond acceptors (Lipinski definition) is 2. The van der Waals surface area contributed by atoms with E-state index in [2.05, 4.69) is 32.7 Å². The molecule has 0 aliphatic carbocycles. The van der Waals surface area contributed by atoms with E-state index >= 15 is 0 Å². The Hall–Kier alpha value is -0.370. The summed E-state index contributed by atoms with van der Waals surface area (Å²) in [6.45, 7) is 10.6. The van der Waals surface area contributed by atoms with Gasteiger partial charge in [-0.15, -0.1) is 0 Å². The van der Waals surface area contributed by atoms with Crippen LogP contribution in [0.3, 0.4) is 0 Å². The maximum absolute atomic E-state index is 12.1. The van der Waals surface area contributed by atoms with Gasteiger partial charge in [0.2, 0.25) is 0 Å². The highest BCUT2D eigenvalue weighted by atomic mass is 16.1. The fourth-order valence-electron chi connectivity index (χ4n) is 2.58. The summed E-state index contributed by atoms with van der Waals surface area (Å²) in [5, 5.41) is 0. The highest BCUT2D eigenvalue weighted by Gasteiger charge is 2.48. The molecule has 82 valence electrons. The van der Waals surface area contributed by atoms with E-state index in [1.807, 2.05) is 13.8 Å². The summed E-state index contributed by atoms with van der Waals surface area (Å²) in [5.41, 5.74) is -0.166. The SMILES string of the molecule is CCC1CC(C)(C)N(C)C(C)(C)C1=O. The normalized spacial score (nSPS) is 31.9. The Morgan fingerprint density at radius 2 is 1.86 bits per heavy atom. The van der Waals surface area contributed by atoms with Crippen molar-refractivity contribution in [3.05, 3.63) is 0 Å². The molecule has 0 radical (unpaired) electrons. The first-order valence-corrected chi connectivity index (χ1v) is 5.51. The smallest absolute Gasteiger partial charge is 0.155 e. The van der Waals surface area contributed by atoms with Crippen LogP contribution in [0.5, 0.6) is 0 Å². The molecule has 1 aliphatic heterocycles. The molecule has 1 heterocycles. The van der Waals surface area contributed by atoms with Crippen LogP contribution in [0.4, 0.5) is 0 Å². The van der Waals surface area contributed by atoms with Crippen molar-refractivity contribution < 1.29 is 4.79 Å². The van der Waals surface area contributed by atoms with E-state index in [1.165, 1.54) is 0 Å². The molecule has 2 nitrogen and oxygen atoms in total. The number of nitrogens with zero attached hydrogens (tertiary/aromatic N) is 1. The van der Waals surface area contributed by atoms with Crippen LogP contribution in [-0.2, 0) is 4.79 Å². The lowest BCUT2D eigenvalue weighted by molar-refractivity contribution is -0.145. The van der Waals surface area contributed by atoms with Crippen molar-refractivity contribution in [3.63, 3.8) is 0 Å². The number of rotatable bonds is 1. The third-order valence-electron chi connectivity index (χ3n) is 3.96. The van der Waals surface area contributed by atoms with Gasteiger partial charge in [-0.05, 0) is 47.6 Å². The van der Waals surface area contributed by atoms with Crippen LogP contribution >= 0.6 is 0 Å². The van der Waals surface area contributed by atoms with Gasteiger partial charge in [0.25, 0.3) is 0 Å². The number of carbonyl (C=O) groups is 1. The summed E-state index contributed by atoms with van der Waals surface area (Å²) in [6.07, 6.45) is 1.96. The zero-order valence-corrected chi connectivity index (χ0v) is 10.3. The minimum absolute atomic E-state index is 0.137. The second-order valence-corrected chi connectivity index (χ2v) is 5.60. The number of piperidine rings is 1. The van der Waals surface area contributed by atoms with Gasteiger partial charge in [-0.3, -0.25) is 9.69 Å². The minimum Gasteiger partial charge on any atom is -0.297 e. The Labute approximate surface area is 87.7 Å². The Morgan fingerprint density at radius 3 is 2.29 bits per heavy atom. The van der Waals surface area contributed by atoms with Gasteiger partial charge in [-0.2, -0.15) is 0 Å². The van der Waals surface area contributed by atoms with Crippen molar-refractivity contribution in [3.8, 4) is 0 Å². The Kier molecular flexibility index (Phi) is 2.79. The standard InChI is InChI=1S/C12H23NO/c1-7-9-8-11(2,3)13(6)12(4,5)10(9)14/h9H,7-8H2,1-6H3. The van der Waals surface area contributed by atoms with Crippen LogP contribution < -0.4 is 0 Å². The average molecular weight is 197 g/mol. The van der Waals surface area contributed by atoms with Crippen LogP contribution in [0, 0.1) is 5.92 Å². The molecule has 0 bridgehead atoms. The topological polar surface area (TPSA) is 20.3 Å². The predicted octanol–water partition coefficient (Wildman–Crippen LogP) is 2.47. The number of likely N-dealkylation sites (N-methyl/N-ethyl adjacent to an activating group) is 1. The maximum atomic E-state index is 12.1. The van der Waals surface area contributed by atoms with E-state index in [4.69, 9.17) is 0 Å². The third kappa shape index (κ3) is 1.60. The molecule has 1 unspecified atom stereocenters. The molecule has 0 amide bonds. The van der Waals surface area contributed by atoms with Gasteiger partial charge in [0.05, 0.1) is 5.54 Å². The largest absolute Gasteiger partial charge is 0.297 e. The van der Waals surface area contributed by atoms with E-state index in [0.29, 0.717) is 5.78 Å². The van der Waals surface area contributed by atoms with Crippen molar-refractivity contribution in [1.82, 2.24) is 4.90 Å². The molecule has 2 heteroatoms. The Morgan fingerprint density at radius 1 is 1.36 bits per heavy atom. The zero-order valence-electron chi connectivity index (χ0n) is 10.3. The summed E-state index contributed by atoms with van der Waals surface area (Å²) in [6, 6.07) is 0. The summed E-state index contributed by atoms with van der Waals surface area (Å²) >= 11 is 0. The van der Waals surface area contributed by atoms with Gasteiger partial charge in [-0.1, -0.05) is 6.92 Å². The summed E-state index contributed by atoms with van der Waals surface area (Å²) < 4.78 is 0. The van der Waals surface area contributed by atoms with Crippen molar-refractivity contribution in [1.29, 1.82) is 0 Å². The van der Waals surface area contributed by atoms with Crippen LogP contribution in [0.1, 0.15) is 47.5 Å². The molecule has 0 aromatic carbocycles. The first-order valence-electron chi connectivity index (χ1n) is 5.51. The molecular weight excluding hydrogens is 174 g/mol. The predicted molar refractivity (Wildman–Crippen MR) is 59.3 cm³/mol. The van der Waals surface area contributed by atoms with Gasteiger partial charge >= 0.3 is 0 Å². The highest BCUT2D eigenvalue weighted by Crippen LogP contribution is 2.38. The Bertz CT molecular complexity index is 243. The molecule has 1 saturated heterocycles. The Balaban J connectivity index is 3.03. The van der Waals surface area contributed by atoms with Gasteiger partial charge < -0.3 is 0 Å². The summed E-state index contributed by atoms with van der Waals surface area (Å²) in [5.74, 6) is 0.651. The number of likely N-dealkylation sites (tertiary alicyclic amines) is 1. The maximum Gasteiger partial charge on any atom is 0.155 e. The van der Waals surface area contributed by atoms with Gasteiger partial charge in [0, 0.05) is 11.5 Å². The summed E-state index contributed by atoms with van der Waals surface area (Å²) in [7, 11) is 2.06. The lowest BCUT2D eigenvalue weighted by Gasteiger charge is -2.52. The van der Waals surface area contributed by atoms with Gasteiger partial charge in [0.1, 0.15) is 0 Å². The van der Waals surface area contributed by atoms with Crippen LogP contribution in [0.15, 0.2) is 0 Å². The van der Waals surface area contributed by atoms with Crippen molar-refractivity contribution in [2.75, 3.05) is 7.05 Å². The molecule has 14 heavy (non-hydrogen) atoms. The quantitative estimate of drug-likeness (QED) is 0.643. The summed E-state index contributed by atoms with van der Waals surface area (Å²) in [4.78, 5) is 14.4. The molecule has 1 rings (SSSR count).